The minimum atomic E-state index is 0.229. The van der Waals surface area contributed by atoms with Gasteiger partial charge >= 0.3 is 0 Å². The van der Waals surface area contributed by atoms with Crippen LogP contribution in [0.15, 0.2) is 33.9 Å². The van der Waals surface area contributed by atoms with E-state index >= 15 is 0 Å². The van der Waals surface area contributed by atoms with Crippen LogP contribution < -0.4 is 0 Å². The molecule has 0 saturated carbocycles. The average molecular weight is 229 g/mol. The first-order chi connectivity index (χ1) is 5.74. The van der Waals surface area contributed by atoms with Gasteiger partial charge in [-0.3, -0.25) is 0 Å². The molecule has 1 rings (SSSR count). The van der Waals surface area contributed by atoms with Crippen molar-refractivity contribution in [1.82, 2.24) is 0 Å². The van der Waals surface area contributed by atoms with Gasteiger partial charge in [-0.25, -0.2) is 0 Å². The van der Waals surface area contributed by atoms with Gasteiger partial charge in [-0.2, -0.15) is 0 Å². The summed E-state index contributed by atoms with van der Waals surface area (Å²) >= 11 is 3.48. The second-order valence-corrected chi connectivity index (χ2v) is 3.77. The molecule has 0 heterocycles. The molecule has 0 atom stereocenters. The molecule has 0 unspecified atom stereocenters. The Labute approximate surface area is 81.6 Å². The first-order valence-electron chi connectivity index (χ1n) is 4.07. The van der Waals surface area contributed by atoms with Gasteiger partial charge in [-0.15, -0.1) is 0 Å². The molecular formula is C10H13BrO. The molecule has 0 aromatic rings. The number of allylic oxidation sites excluding steroid dienone is 5. The van der Waals surface area contributed by atoms with Crippen LogP contribution in [0.25, 0.3) is 0 Å². The molecular weight excluding hydrogens is 216 g/mol. The summed E-state index contributed by atoms with van der Waals surface area (Å²) in [7, 11) is 0. The van der Waals surface area contributed by atoms with Crippen molar-refractivity contribution in [2.45, 2.75) is 19.8 Å². The molecule has 0 saturated heterocycles. The standard InChI is InChI=1S/C10H13BrO/c1-8-2-3-9(6-7-12)4-5-10(8)11/h3-5,12H,2,6-7H2,1H3. The van der Waals surface area contributed by atoms with E-state index in [9.17, 15) is 0 Å². The molecule has 1 aliphatic rings. The van der Waals surface area contributed by atoms with Crippen LogP contribution in [0.4, 0.5) is 0 Å². The van der Waals surface area contributed by atoms with E-state index in [4.69, 9.17) is 5.11 Å². The normalized spacial score (nSPS) is 17.8. The van der Waals surface area contributed by atoms with Crippen LogP contribution in [0.2, 0.25) is 0 Å². The van der Waals surface area contributed by atoms with Crippen LogP contribution in [0.1, 0.15) is 19.8 Å². The molecule has 1 N–H and O–H groups in total. The lowest BCUT2D eigenvalue weighted by atomic mass is 10.1. The zero-order valence-electron chi connectivity index (χ0n) is 7.18. The first-order valence-corrected chi connectivity index (χ1v) is 4.86. The second-order valence-electron chi connectivity index (χ2n) is 2.92. The van der Waals surface area contributed by atoms with E-state index in [-0.39, 0.29) is 6.61 Å². The number of aliphatic hydroxyl groups is 1. The molecule has 0 bridgehead atoms. The molecule has 0 aromatic heterocycles. The molecule has 0 fully saturated rings. The predicted octanol–water partition coefficient (Wildman–Crippen LogP) is 2.92. The van der Waals surface area contributed by atoms with Crippen LogP contribution in [0, 0.1) is 0 Å². The Morgan fingerprint density at radius 2 is 2.25 bits per heavy atom. The maximum Gasteiger partial charge on any atom is 0.0471 e. The minimum absolute atomic E-state index is 0.229. The van der Waals surface area contributed by atoms with E-state index in [1.807, 2.05) is 6.08 Å². The summed E-state index contributed by atoms with van der Waals surface area (Å²) in [5.74, 6) is 0. The van der Waals surface area contributed by atoms with Gasteiger partial charge in [-0.1, -0.05) is 33.7 Å². The van der Waals surface area contributed by atoms with E-state index in [0.717, 1.165) is 17.3 Å². The molecule has 0 aromatic carbocycles. The molecule has 2 heteroatoms. The van der Waals surface area contributed by atoms with Crippen molar-refractivity contribution in [2.75, 3.05) is 6.61 Å². The Kier molecular flexibility index (Phi) is 3.76. The van der Waals surface area contributed by atoms with E-state index in [1.54, 1.807) is 0 Å². The number of aliphatic hydroxyl groups excluding tert-OH is 1. The zero-order chi connectivity index (χ0) is 8.97. The SMILES string of the molecule is CC1=C(Br)C=CC(CCO)=CC1. The number of halogens is 1. The monoisotopic (exact) mass is 228 g/mol. The van der Waals surface area contributed by atoms with Crippen LogP contribution in [-0.2, 0) is 0 Å². The highest BCUT2D eigenvalue weighted by Gasteiger charge is 2.00. The Morgan fingerprint density at radius 1 is 1.50 bits per heavy atom. The quantitative estimate of drug-likeness (QED) is 0.771. The molecule has 0 aliphatic heterocycles. The van der Waals surface area contributed by atoms with Crippen molar-refractivity contribution in [3.05, 3.63) is 33.9 Å². The number of hydrogen-bond donors (Lipinski definition) is 1. The second kappa shape index (κ2) is 4.63. The van der Waals surface area contributed by atoms with Gasteiger partial charge in [0.2, 0.25) is 0 Å². The third-order valence-corrected chi connectivity index (χ3v) is 2.86. The predicted molar refractivity (Wildman–Crippen MR) is 55.2 cm³/mol. The minimum Gasteiger partial charge on any atom is -0.396 e. The van der Waals surface area contributed by atoms with Crippen LogP contribution >= 0.6 is 15.9 Å². The van der Waals surface area contributed by atoms with Gasteiger partial charge in [0.15, 0.2) is 0 Å². The fourth-order valence-corrected chi connectivity index (χ4v) is 1.38. The lowest BCUT2D eigenvalue weighted by Crippen LogP contribution is -1.84. The lowest BCUT2D eigenvalue weighted by molar-refractivity contribution is 0.300. The van der Waals surface area contributed by atoms with E-state index in [1.165, 1.54) is 11.1 Å². The maximum atomic E-state index is 8.74. The number of hydrogen-bond acceptors (Lipinski definition) is 1. The largest absolute Gasteiger partial charge is 0.396 e. The van der Waals surface area contributed by atoms with E-state index < -0.39 is 0 Å². The van der Waals surface area contributed by atoms with E-state index in [0.29, 0.717) is 0 Å². The fraction of sp³-hybridized carbons (Fsp3) is 0.400. The fourth-order valence-electron chi connectivity index (χ4n) is 1.09. The Bertz CT molecular complexity index is 249. The molecule has 1 nitrogen and oxygen atoms in total. The highest BCUT2D eigenvalue weighted by molar-refractivity contribution is 9.11. The Morgan fingerprint density at radius 3 is 2.92 bits per heavy atom. The zero-order valence-corrected chi connectivity index (χ0v) is 8.76. The molecule has 0 spiro atoms. The van der Waals surface area contributed by atoms with Crippen molar-refractivity contribution in [3.8, 4) is 0 Å². The number of rotatable bonds is 2. The Balaban J connectivity index is 2.70. The van der Waals surface area contributed by atoms with Crippen LogP contribution in [0.5, 0.6) is 0 Å². The molecule has 66 valence electrons. The molecule has 0 amide bonds. The van der Waals surface area contributed by atoms with Crippen molar-refractivity contribution >= 4 is 15.9 Å². The summed E-state index contributed by atoms with van der Waals surface area (Å²) in [6, 6.07) is 0. The van der Waals surface area contributed by atoms with Crippen LogP contribution in [-0.4, -0.2) is 11.7 Å². The van der Waals surface area contributed by atoms with Gasteiger partial charge < -0.3 is 5.11 Å². The average Bonchev–Trinajstić information content (AvgIpc) is 2.20. The smallest absolute Gasteiger partial charge is 0.0471 e. The van der Waals surface area contributed by atoms with Crippen LogP contribution in [0.3, 0.4) is 0 Å². The lowest BCUT2D eigenvalue weighted by Gasteiger charge is -1.96. The molecule has 12 heavy (non-hydrogen) atoms. The van der Waals surface area contributed by atoms with Crippen molar-refractivity contribution in [3.63, 3.8) is 0 Å². The highest BCUT2D eigenvalue weighted by Crippen LogP contribution is 2.22. The summed E-state index contributed by atoms with van der Waals surface area (Å²) in [5, 5.41) is 8.74. The summed E-state index contributed by atoms with van der Waals surface area (Å²) in [5.41, 5.74) is 2.55. The van der Waals surface area contributed by atoms with Gasteiger partial charge in [0.1, 0.15) is 0 Å². The van der Waals surface area contributed by atoms with Gasteiger partial charge in [0, 0.05) is 11.1 Å². The summed E-state index contributed by atoms with van der Waals surface area (Å²) in [6.07, 6.45) is 7.99. The van der Waals surface area contributed by atoms with Crippen molar-refractivity contribution in [2.24, 2.45) is 0 Å². The summed E-state index contributed by atoms with van der Waals surface area (Å²) in [4.78, 5) is 0. The van der Waals surface area contributed by atoms with Crippen molar-refractivity contribution in [1.29, 1.82) is 0 Å². The summed E-state index contributed by atoms with van der Waals surface area (Å²) < 4.78 is 1.16. The van der Waals surface area contributed by atoms with Gasteiger partial charge in [0.25, 0.3) is 0 Å². The van der Waals surface area contributed by atoms with Gasteiger partial charge in [-0.05, 0) is 31.4 Å². The molecule has 1 aliphatic carbocycles. The summed E-state index contributed by atoms with van der Waals surface area (Å²) in [6.45, 7) is 2.33. The van der Waals surface area contributed by atoms with Crippen molar-refractivity contribution < 1.29 is 5.11 Å². The van der Waals surface area contributed by atoms with Gasteiger partial charge in [0.05, 0.1) is 0 Å². The third-order valence-electron chi connectivity index (χ3n) is 1.92. The highest BCUT2D eigenvalue weighted by atomic mass is 79.9. The molecule has 0 radical (unpaired) electrons. The third kappa shape index (κ3) is 2.61. The topological polar surface area (TPSA) is 20.2 Å². The maximum absolute atomic E-state index is 8.74. The van der Waals surface area contributed by atoms with E-state index in [2.05, 4.69) is 35.0 Å². The first kappa shape index (κ1) is 9.75. The Hall–Kier alpha value is -0.340.